The number of benzene rings is 2. The number of nitro benzene ring substituents is 1. The molecule has 0 bridgehead atoms. The molecule has 1 N–H and O–H groups in total. The maximum absolute atomic E-state index is 12.3. The van der Waals surface area contributed by atoms with Gasteiger partial charge < -0.3 is 15.0 Å². The summed E-state index contributed by atoms with van der Waals surface area (Å²) in [5, 5.41) is 13.8. The Kier molecular flexibility index (Phi) is 6.49. The number of rotatable bonds is 6. The molecule has 1 fully saturated rings. The zero-order chi connectivity index (χ0) is 20.1. The zero-order valence-electron chi connectivity index (χ0n) is 15.6. The normalized spacial score (nSPS) is 15.2. The Hall–Kier alpha value is -2.64. The summed E-state index contributed by atoms with van der Waals surface area (Å²) in [4.78, 5) is 24.9. The Morgan fingerprint density at radius 2 is 1.93 bits per heavy atom. The van der Waals surface area contributed by atoms with Crippen molar-refractivity contribution >= 4 is 23.2 Å². The van der Waals surface area contributed by atoms with Gasteiger partial charge in [0, 0.05) is 31.8 Å². The van der Waals surface area contributed by atoms with Crippen molar-refractivity contribution in [3.05, 3.63) is 68.7 Å². The number of carbonyl (C=O) groups excluding carboxylic acids is 1. The molecule has 28 heavy (non-hydrogen) atoms. The number of hydrogen-bond acceptors (Lipinski definition) is 5. The number of non-ortho nitro benzene ring substituents is 1. The number of hydrogen-bond donors (Lipinski definition) is 1. The van der Waals surface area contributed by atoms with Gasteiger partial charge in [0.05, 0.1) is 15.5 Å². The summed E-state index contributed by atoms with van der Waals surface area (Å²) in [6.07, 6.45) is 2.26. The molecule has 8 heteroatoms. The fourth-order valence-electron chi connectivity index (χ4n) is 3.06. The Morgan fingerprint density at radius 1 is 1.25 bits per heavy atom. The first-order valence-corrected chi connectivity index (χ1v) is 9.46. The second-order valence-corrected chi connectivity index (χ2v) is 7.28. The van der Waals surface area contributed by atoms with Crippen LogP contribution in [0.5, 0.6) is 5.75 Å². The van der Waals surface area contributed by atoms with E-state index in [0.29, 0.717) is 0 Å². The topological polar surface area (TPSA) is 84.7 Å². The quantitative estimate of drug-likeness (QED) is 0.587. The number of amides is 1. The van der Waals surface area contributed by atoms with Crippen LogP contribution >= 0.6 is 11.6 Å². The molecule has 1 amide bonds. The fourth-order valence-corrected chi connectivity index (χ4v) is 3.26. The summed E-state index contributed by atoms with van der Waals surface area (Å²) in [5.41, 5.74) is 0.800. The minimum absolute atomic E-state index is 0.0816. The van der Waals surface area contributed by atoms with Crippen LogP contribution in [0.4, 0.5) is 5.69 Å². The molecule has 7 nitrogen and oxygen atoms in total. The monoisotopic (exact) mass is 403 g/mol. The number of nitrogens with zero attached hydrogens (tertiary/aromatic N) is 2. The summed E-state index contributed by atoms with van der Waals surface area (Å²) in [6.45, 7) is 2.36. The lowest BCUT2D eigenvalue weighted by Gasteiger charge is -2.29. The molecule has 0 radical (unpaired) electrons. The van der Waals surface area contributed by atoms with E-state index in [1.807, 2.05) is 24.3 Å². The maximum atomic E-state index is 12.3. The fraction of sp³-hybridized carbons (Fsp3) is 0.350. The predicted octanol–water partition coefficient (Wildman–Crippen LogP) is 3.65. The van der Waals surface area contributed by atoms with Gasteiger partial charge in [-0.3, -0.25) is 14.9 Å². The molecule has 3 rings (SSSR count). The van der Waals surface area contributed by atoms with E-state index in [4.69, 9.17) is 16.3 Å². The largest absolute Gasteiger partial charge is 0.490 e. The molecule has 1 aliphatic rings. The van der Waals surface area contributed by atoms with E-state index in [9.17, 15) is 14.9 Å². The van der Waals surface area contributed by atoms with Crippen LogP contribution in [0.3, 0.4) is 0 Å². The van der Waals surface area contributed by atoms with Gasteiger partial charge in [0.1, 0.15) is 11.9 Å². The third-order valence-corrected chi connectivity index (χ3v) is 5.08. The van der Waals surface area contributed by atoms with Crippen molar-refractivity contribution in [1.29, 1.82) is 0 Å². The number of nitro groups is 1. The number of ether oxygens (including phenoxy) is 1. The highest BCUT2D eigenvalue weighted by Crippen LogP contribution is 2.22. The molecular formula is C20H22ClN3O4. The van der Waals surface area contributed by atoms with Crippen LogP contribution in [0, 0.1) is 10.1 Å². The molecule has 0 aromatic heterocycles. The SMILES string of the molecule is CN1CCC(Oc2ccc(CNC(=O)c3cc([N+](=O)[O-])ccc3Cl)cc2)CC1. The molecule has 1 saturated heterocycles. The predicted molar refractivity (Wildman–Crippen MR) is 107 cm³/mol. The molecule has 148 valence electrons. The first-order chi connectivity index (χ1) is 13.4. The number of likely N-dealkylation sites (tertiary alicyclic amines) is 1. The summed E-state index contributed by atoms with van der Waals surface area (Å²) in [6, 6.07) is 11.3. The van der Waals surface area contributed by atoms with Gasteiger partial charge in [-0.1, -0.05) is 23.7 Å². The average molecular weight is 404 g/mol. The molecule has 2 aromatic rings. The molecular weight excluding hydrogens is 382 g/mol. The van der Waals surface area contributed by atoms with Crippen molar-refractivity contribution < 1.29 is 14.5 Å². The molecule has 0 spiro atoms. The summed E-state index contributed by atoms with van der Waals surface area (Å²) in [5.74, 6) is 0.353. The standard InChI is InChI=1S/C20H22ClN3O4/c1-23-10-8-17(9-11-23)28-16-5-2-14(3-6-16)13-22-20(25)18-12-15(24(26)27)4-7-19(18)21/h2-7,12,17H,8-11,13H2,1H3,(H,22,25). The third-order valence-electron chi connectivity index (χ3n) is 4.75. The number of nitrogens with one attached hydrogen (secondary N) is 1. The molecule has 1 heterocycles. The van der Waals surface area contributed by atoms with Gasteiger partial charge in [0.15, 0.2) is 0 Å². The number of halogens is 1. The third kappa shape index (κ3) is 5.21. The van der Waals surface area contributed by atoms with Crippen LogP contribution in [0.25, 0.3) is 0 Å². The highest BCUT2D eigenvalue weighted by atomic mass is 35.5. The molecule has 0 saturated carbocycles. The van der Waals surface area contributed by atoms with E-state index in [0.717, 1.165) is 37.2 Å². The Morgan fingerprint density at radius 3 is 2.57 bits per heavy atom. The maximum Gasteiger partial charge on any atom is 0.270 e. The van der Waals surface area contributed by atoms with Crippen LogP contribution in [0.2, 0.25) is 5.02 Å². The van der Waals surface area contributed by atoms with Gasteiger partial charge in [0.2, 0.25) is 0 Å². The van der Waals surface area contributed by atoms with E-state index < -0.39 is 10.8 Å². The average Bonchev–Trinajstić information content (AvgIpc) is 2.69. The van der Waals surface area contributed by atoms with Crippen LogP contribution < -0.4 is 10.1 Å². The van der Waals surface area contributed by atoms with E-state index >= 15 is 0 Å². The van der Waals surface area contributed by atoms with E-state index in [-0.39, 0.29) is 28.9 Å². The van der Waals surface area contributed by atoms with Crippen molar-refractivity contribution in [2.75, 3.05) is 20.1 Å². The highest BCUT2D eigenvalue weighted by Gasteiger charge is 2.18. The summed E-state index contributed by atoms with van der Waals surface area (Å²) >= 11 is 6.00. The minimum Gasteiger partial charge on any atom is -0.490 e. The molecule has 0 atom stereocenters. The lowest BCUT2D eigenvalue weighted by Crippen LogP contribution is -2.35. The van der Waals surface area contributed by atoms with Gasteiger partial charge in [-0.15, -0.1) is 0 Å². The molecule has 2 aromatic carbocycles. The van der Waals surface area contributed by atoms with Crippen molar-refractivity contribution in [3.63, 3.8) is 0 Å². The van der Waals surface area contributed by atoms with Gasteiger partial charge in [-0.25, -0.2) is 0 Å². The van der Waals surface area contributed by atoms with Crippen LogP contribution in [0.15, 0.2) is 42.5 Å². The Balaban J connectivity index is 1.55. The molecule has 0 unspecified atom stereocenters. The highest BCUT2D eigenvalue weighted by molar-refractivity contribution is 6.33. The Bertz CT molecular complexity index is 849. The number of piperidine rings is 1. The van der Waals surface area contributed by atoms with Gasteiger partial charge in [-0.2, -0.15) is 0 Å². The van der Waals surface area contributed by atoms with Gasteiger partial charge in [-0.05, 0) is 43.7 Å². The van der Waals surface area contributed by atoms with Gasteiger partial charge in [0.25, 0.3) is 11.6 Å². The van der Waals surface area contributed by atoms with E-state index in [1.165, 1.54) is 18.2 Å². The smallest absolute Gasteiger partial charge is 0.270 e. The Labute approximate surface area is 168 Å². The van der Waals surface area contributed by atoms with E-state index in [1.54, 1.807) is 0 Å². The lowest BCUT2D eigenvalue weighted by molar-refractivity contribution is -0.384. The van der Waals surface area contributed by atoms with Crippen molar-refractivity contribution in [2.24, 2.45) is 0 Å². The van der Waals surface area contributed by atoms with Crippen LogP contribution in [0.1, 0.15) is 28.8 Å². The van der Waals surface area contributed by atoms with Crippen molar-refractivity contribution in [3.8, 4) is 5.75 Å². The zero-order valence-corrected chi connectivity index (χ0v) is 16.3. The summed E-state index contributed by atoms with van der Waals surface area (Å²) in [7, 11) is 2.11. The second-order valence-electron chi connectivity index (χ2n) is 6.87. The lowest BCUT2D eigenvalue weighted by atomic mass is 10.1. The summed E-state index contributed by atoms with van der Waals surface area (Å²) < 4.78 is 6.01. The molecule has 1 aliphatic heterocycles. The first-order valence-electron chi connectivity index (χ1n) is 9.08. The van der Waals surface area contributed by atoms with Crippen LogP contribution in [-0.4, -0.2) is 42.0 Å². The number of carbonyl (C=O) groups is 1. The van der Waals surface area contributed by atoms with Crippen molar-refractivity contribution in [1.82, 2.24) is 10.2 Å². The molecule has 0 aliphatic carbocycles. The van der Waals surface area contributed by atoms with Crippen molar-refractivity contribution in [2.45, 2.75) is 25.5 Å². The van der Waals surface area contributed by atoms with E-state index in [2.05, 4.69) is 17.3 Å². The minimum atomic E-state index is -0.559. The van der Waals surface area contributed by atoms with Crippen LogP contribution in [-0.2, 0) is 6.54 Å². The first kappa shape index (κ1) is 20.1. The van der Waals surface area contributed by atoms with Gasteiger partial charge >= 0.3 is 0 Å². The second kappa shape index (κ2) is 9.03.